The van der Waals surface area contributed by atoms with Gasteiger partial charge in [-0.3, -0.25) is 4.79 Å². The van der Waals surface area contributed by atoms with E-state index < -0.39 is 17.9 Å². The molecule has 34 heavy (non-hydrogen) atoms. The van der Waals surface area contributed by atoms with Gasteiger partial charge in [0.25, 0.3) is 5.91 Å². The lowest BCUT2D eigenvalue weighted by molar-refractivity contribution is -0.142. The summed E-state index contributed by atoms with van der Waals surface area (Å²) in [7, 11) is 1.31. The molecule has 0 fully saturated rings. The van der Waals surface area contributed by atoms with Crippen molar-refractivity contribution < 1.29 is 19.4 Å². The van der Waals surface area contributed by atoms with Crippen molar-refractivity contribution >= 4 is 22.6 Å². The van der Waals surface area contributed by atoms with Crippen LogP contribution in [0.3, 0.4) is 0 Å². The third kappa shape index (κ3) is 4.64. The zero-order valence-electron chi connectivity index (χ0n) is 19.5. The largest absolute Gasteiger partial charge is 0.507 e. The number of aryl methyl sites for hydroxylation is 2. The Kier molecular flexibility index (Phi) is 6.64. The molecular formula is C29H27NO4. The van der Waals surface area contributed by atoms with Gasteiger partial charge in [-0.05, 0) is 53.4 Å². The van der Waals surface area contributed by atoms with Crippen molar-refractivity contribution in [1.82, 2.24) is 5.32 Å². The van der Waals surface area contributed by atoms with Gasteiger partial charge in [-0.15, -0.1) is 0 Å². The van der Waals surface area contributed by atoms with Crippen LogP contribution in [-0.4, -0.2) is 30.1 Å². The molecule has 0 unspecified atom stereocenters. The molecule has 4 rings (SSSR count). The molecule has 0 saturated carbocycles. The van der Waals surface area contributed by atoms with E-state index in [1.807, 2.05) is 80.6 Å². The van der Waals surface area contributed by atoms with Crippen molar-refractivity contribution in [2.24, 2.45) is 0 Å². The van der Waals surface area contributed by atoms with E-state index in [1.54, 1.807) is 12.1 Å². The van der Waals surface area contributed by atoms with E-state index in [-0.39, 0.29) is 5.75 Å². The second kappa shape index (κ2) is 9.79. The summed E-state index contributed by atoms with van der Waals surface area (Å²) in [5.74, 6) is -0.822. The molecule has 4 aromatic rings. The lowest BCUT2D eigenvalue weighted by atomic mass is 9.89. The normalized spacial score (nSPS) is 11.7. The van der Waals surface area contributed by atoms with E-state index in [2.05, 4.69) is 5.32 Å². The number of hydrogen-bond donors (Lipinski definition) is 2. The Morgan fingerprint density at radius 3 is 2.32 bits per heavy atom. The highest BCUT2D eigenvalue weighted by Gasteiger charge is 2.26. The Hall–Kier alpha value is -4.12. The number of phenolic OH excluding ortho intramolecular Hbond substituents is 1. The second-order valence-corrected chi connectivity index (χ2v) is 8.42. The second-order valence-electron chi connectivity index (χ2n) is 8.42. The first-order chi connectivity index (χ1) is 16.4. The zero-order valence-corrected chi connectivity index (χ0v) is 19.5. The molecule has 0 bridgehead atoms. The Morgan fingerprint density at radius 2 is 1.62 bits per heavy atom. The summed E-state index contributed by atoms with van der Waals surface area (Å²) >= 11 is 0. The topological polar surface area (TPSA) is 75.6 Å². The molecule has 5 heteroatoms. The predicted molar refractivity (Wildman–Crippen MR) is 134 cm³/mol. The molecule has 2 N–H and O–H groups in total. The molecule has 0 aliphatic heterocycles. The fourth-order valence-corrected chi connectivity index (χ4v) is 4.42. The molecule has 1 amide bonds. The molecular weight excluding hydrogens is 426 g/mol. The zero-order chi connectivity index (χ0) is 24.2. The number of carbonyl (C=O) groups is 2. The van der Waals surface area contributed by atoms with E-state index in [9.17, 15) is 14.7 Å². The van der Waals surface area contributed by atoms with Gasteiger partial charge in [-0.2, -0.15) is 0 Å². The van der Waals surface area contributed by atoms with Crippen LogP contribution in [0.5, 0.6) is 5.75 Å². The maximum Gasteiger partial charge on any atom is 0.328 e. The monoisotopic (exact) mass is 453 g/mol. The van der Waals surface area contributed by atoms with Crippen LogP contribution >= 0.6 is 0 Å². The molecule has 0 spiro atoms. The van der Waals surface area contributed by atoms with Gasteiger partial charge in [-0.1, -0.05) is 66.7 Å². The number of ether oxygens (including phenoxy) is 1. The molecule has 0 aliphatic rings. The van der Waals surface area contributed by atoms with Crippen LogP contribution in [0.25, 0.3) is 21.9 Å². The number of nitrogens with one attached hydrogen (secondary N) is 1. The predicted octanol–water partition coefficient (Wildman–Crippen LogP) is 5.34. The van der Waals surface area contributed by atoms with Gasteiger partial charge < -0.3 is 15.2 Å². The van der Waals surface area contributed by atoms with Crippen molar-refractivity contribution in [1.29, 1.82) is 0 Å². The van der Waals surface area contributed by atoms with E-state index in [0.29, 0.717) is 23.1 Å². The van der Waals surface area contributed by atoms with E-state index in [0.717, 1.165) is 27.5 Å². The number of methoxy groups -OCH3 is 1. The van der Waals surface area contributed by atoms with Crippen molar-refractivity contribution in [3.8, 4) is 16.9 Å². The Morgan fingerprint density at radius 1 is 0.912 bits per heavy atom. The quantitative estimate of drug-likeness (QED) is 0.386. The molecule has 0 radical (unpaired) electrons. The highest BCUT2D eigenvalue weighted by Crippen LogP contribution is 2.40. The van der Waals surface area contributed by atoms with Crippen LogP contribution in [0, 0.1) is 13.8 Å². The molecule has 4 aromatic carbocycles. The highest BCUT2D eigenvalue weighted by atomic mass is 16.5. The average Bonchev–Trinajstić information content (AvgIpc) is 2.83. The summed E-state index contributed by atoms with van der Waals surface area (Å²) in [5, 5.41) is 15.5. The fourth-order valence-electron chi connectivity index (χ4n) is 4.42. The number of carbonyl (C=O) groups excluding carboxylic acids is 2. The number of amides is 1. The van der Waals surface area contributed by atoms with Crippen LogP contribution in [0.4, 0.5) is 0 Å². The summed E-state index contributed by atoms with van der Waals surface area (Å²) in [6.45, 7) is 3.83. The van der Waals surface area contributed by atoms with Gasteiger partial charge >= 0.3 is 5.97 Å². The lowest BCUT2D eigenvalue weighted by Gasteiger charge is -2.20. The van der Waals surface area contributed by atoms with Crippen molar-refractivity contribution in [2.75, 3.05) is 7.11 Å². The molecule has 0 heterocycles. The number of hydrogen-bond acceptors (Lipinski definition) is 4. The number of aromatic hydroxyl groups is 1. The number of fused-ring (bicyclic) bond motifs is 1. The first-order valence-corrected chi connectivity index (χ1v) is 11.1. The smallest absolute Gasteiger partial charge is 0.328 e. The van der Waals surface area contributed by atoms with Crippen LogP contribution in [0.2, 0.25) is 0 Å². The first-order valence-electron chi connectivity index (χ1n) is 11.1. The summed E-state index contributed by atoms with van der Waals surface area (Å²) < 4.78 is 4.96. The molecule has 5 nitrogen and oxygen atoms in total. The van der Waals surface area contributed by atoms with Crippen molar-refractivity contribution in [2.45, 2.75) is 26.3 Å². The number of phenols is 1. The Labute approximate surface area is 199 Å². The van der Waals surface area contributed by atoms with Gasteiger partial charge in [0.05, 0.1) is 7.11 Å². The van der Waals surface area contributed by atoms with E-state index in [4.69, 9.17) is 4.74 Å². The lowest BCUT2D eigenvalue weighted by Crippen LogP contribution is -2.43. The molecule has 0 saturated heterocycles. The van der Waals surface area contributed by atoms with Gasteiger partial charge in [0, 0.05) is 23.1 Å². The average molecular weight is 454 g/mol. The summed E-state index contributed by atoms with van der Waals surface area (Å²) in [6.07, 6.45) is 0.303. The SMILES string of the molecule is COC(=O)[C@H](Cc1ccccc1)NC(=O)c1ccc2ccccc2c1-c1c(C)cc(C)cc1O. The fraction of sp³-hybridized carbons (Fsp3) is 0.172. The standard InChI is InChI=1S/C29H27NO4/c1-18-15-19(2)26(25(31)16-18)27-22-12-8-7-11-21(22)13-14-23(27)28(32)30-24(29(33)34-3)17-20-9-5-4-6-10-20/h4-16,24,31H,17H2,1-3H3,(H,30,32)/t24-/m0/s1. The molecule has 1 atom stereocenters. The maximum absolute atomic E-state index is 13.6. The third-order valence-electron chi connectivity index (χ3n) is 5.96. The van der Waals surface area contributed by atoms with E-state index >= 15 is 0 Å². The third-order valence-corrected chi connectivity index (χ3v) is 5.96. The molecule has 172 valence electrons. The Balaban J connectivity index is 1.82. The van der Waals surface area contributed by atoms with Gasteiger partial charge in [-0.25, -0.2) is 4.79 Å². The van der Waals surface area contributed by atoms with E-state index in [1.165, 1.54) is 7.11 Å². The maximum atomic E-state index is 13.6. The highest BCUT2D eigenvalue weighted by molar-refractivity contribution is 6.11. The summed E-state index contributed by atoms with van der Waals surface area (Å²) in [6, 6.07) is 23.6. The minimum absolute atomic E-state index is 0.108. The van der Waals surface area contributed by atoms with Gasteiger partial charge in [0.2, 0.25) is 0 Å². The first kappa shape index (κ1) is 23.1. The van der Waals surface area contributed by atoms with Crippen LogP contribution in [0.15, 0.2) is 78.9 Å². The van der Waals surface area contributed by atoms with Crippen LogP contribution < -0.4 is 5.32 Å². The summed E-state index contributed by atoms with van der Waals surface area (Å²) in [5.41, 5.74) is 4.31. The van der Waals surface area contributed by atoms with Crippen molar-refractivity contribution in [3.05, 3.63) is 101 Å². The minimum atomic E-state index is -0.855. The van der Waals surface area contributed by atoms with Gasteiger partial charge in [0.15, 0.2) is 0 Å². The Bertz CT molecular complexity index is 1340. The van der Waals surface area contributed by atoms with Crippen LogP contribution in [0.1, 0.15) is 27.0 Å². The molecule has 0 aliphatic carbocycles. The van der Waals surface area contributed by atoms with Crippen LogP contribution in [-0.2, 0) is 16.0 Å². The molecule has 0 aromatic heterocycles. The minimum Gasteiger partial charge on any atom is -0.507 e. The number of esters is 1. The number of rotatable bonds is 6. The van der Waals surface area contributed by atoms with Gasteiger partial charge in [0.1, 0.15) is 11.8 Å². The number of benzene rings is 4. The van der Waals surface area contributed by atoms with Crippen molar-refractivity contribution in [3.63, 3.8) is 0 Å². The summed E-state index contributed by atoms with van der Waals surface area (Å²) in [4.78, 5) is 26.1.